The molecule has 1 saturated carbocycles. The van der Waals surface area contributed by atoms with Gasteiger partial charge in [0.1, 0.15) is 5.82 Å². The maximum absolute atomic E-state index is 13.9. The summed E-state index contributed by atoms with van der Waals surface area (Å²) in [6.07, 6.45) is 6.12. The van der Waals surface area contributed by atoms with Crippen molar-refractivity contribution in [2.24, 2.45) is 16.8 Å². The monoisotopic (exact) mass is 293 g/mol. The van der Waals surface area contributed by atoms with Crippen LogP contribution < -0.4 is 11.1 Å². The summed E-state index contributed by atoms with van der Waals surface area (Å²) in [5.74, 6) is -0.945. The first-order valence-electron chi connectivity index (χ1n) is 7.20. The molecule has 21 heavy (non-hydrogen) atoms. The molecule has 0 aliphatic heterocycles. The van der Waals surface area contributed by atoms with E-state index in [1.54, 1.807) is 0 Å². The second-order valence-electron chi connectivity index (χ2n) is 5.36. The molecule has 0 heterocycles. The van der Waals surface area contributed by atoms with Crippen LogP contribution in [0.2, 0.25) is 0 Å². The van der Waals surface area contributed by atoms with E-state index in [2.05, 4.69) is 10.5 Å². The lowest BCUT2D eigenvalue weighted by molar-refractivity contribution is -0.120. The molecule has 0 aromatic heterocycles. The van der Waals surface area contributed by atoms with Crippen LogP contribution in [0.15, 0.2) is 23.4 Å². The molecule has 114 valence electrons. The van der Waals surface area contributed by atoms with Gasteiger partial charge in [-0.3, -0.25) is 4.79 Å². The smallest absolute Gasteiger partial charge is 0.227 e. The third kappa shape index (κ3) is 3.93. The summed E-state index contributed by atoms with van der Waals surface area (Å²) in [7, 11) is 0. The summed E-state index contributed by atoms with van der Waals surface area (Å²) < 4.78 is 13.9. The van der Waals surface area contributed by atoms with E-state index in [9.17, 15) is 9.18 Å². The average Bonchev–Trinajstić information content (AvgIpc) is 2.77. The molecule has 1 amide bonds. The molecule has 0 spiro atoms. The predicted molar refractivity (Wildman–Crippen MR) is 78.7 cm³/mol. The van der Waals surface area contributed by atoms with Gasteiger partial charge in [0.25, 0.3) is 0 Å². The standard InChI is InChI=1S/C15H20FN3O2/c16-12-9-11(14(17)19-21)7-8-13(12)18-15(20)10-5-3-1-2-4-6-10/h7-10,21H,1-6H2,(H2,17,19)(H,18,20). The number of benzene rings is 1. The fourth-order valence-electron chi connectivity index (χ4n) is 2.61. The number of halogens is 1. The summed E-state index contributed by atoms with van der Waals surface area (Å²) in [6, 6.07) is 4.07. The number of carbonyl (C=O) groups is 1. The zero-order valence-electron chi connectivity index (χ0n) is 11.8. The van der Waals surface area contributed by atoms with E-state index < -0.39 is 5.82 Å². The number of oxime groups is 1. The zero-order chi connectivity index (χ0) is 15.2. The highest BCUT2D eigenvalue weighted by Gasteiger charge is 2.21. The van der Waals surface area contributed by atoms with E-state index >= 15 is 0 Å². The van der Waals surface area contributed by atoms with Crippen molar-refractivity contribution in [1.82, 2.24) is 0 Å². The van der Waals surface area contributed by atoms with E-state index in [0.717, 1.165) is 44.6 Å². The molecule has 0 atom stereocenters. The van der Waals surface area contributed by atoms with Crippen LogP contribution in [-0.2, 0) is 4.79 Å². The highest BCUT2D eigenvalue weighted by atomic mass is 19.1. The first-order valence-corrected chi connectivity index (χ1v) is 7.20. The lowest BCUT2D eigenvalue weighted by atomic mass is 9.99. The lowest BCUT2D eigenvalue weighted by Crippen LogP contribution is -2.23. The molecule has 1 aromatic carbocycles. The van der Waals surface area contributed by atoms with E-state index in [4.69, 9.17) is 10.9 Å². The Labute approximate surface area is 123 Å². The van der Waals surface area contributed by atoms with Crippen molar-refractivity contribution in [2.75, 3.05) is 5.32 Å². The Morgan fingerprint density at radius 3 is 2.52 bits per heavy atom. The van der Waals surface area contributed by atoms with Crippen molar-refractivity contribution in [3.8, 4) is 0 Å². The van der Waals surface area contributed by atoms with Gasteiger partial charge < -0.3 is 16.3 Å². The zero-order valence-corrected chi connectivity index (χ0v) is 11.8. The molecule has 1 aliphatic rings. The van der Waals surface area contributed by atoms with Gasteiger partial charge in [-0.15, -0.1) is 0 Å². The van der Waals surface area contributed by atoms with Crippen LogP contribution in [0.1, 0.15) is 44.1 Å². The summed E-state index contributed by atoms with van der Waals surface area (Å²) in [4.78, 5) is 12.2. The van der Waals surface area contributed by atoms with Crippen LogP contribution in [0.4, 0.5) is 10.1 Å². The topological polar surface area (TPSA) is 87.7 Å². The number of carbonyl (C=O) groups excluding carboxylic acids is 1. The molecule has 6 heteroatoms. The van der Waals surface area contributed by atoms with Crippen LogP contribution in [0.5, 0.6) is 0 Å². The molecule has 5 nitrogen and oxygen atoms in total. The fraction of sp³-hybridized carbons (Fsp3) is 0.467. The molecular formula is C15H20FN3O2. The maximum atomic E-state index is 13.9. The van der Waals surface area contributed by atoms with Crippen molar-refractivity contribution in [2.45, 2.75) is 38.5 Å². The summed E-state index contributed by atoms with van der Waals surface area (Å²) >= 11 is 0. The van der Waals surface area contributed by atoms with Crippen LogP contribution >= 0.6 is 0 Å². The van der Waals surface area contributed by atoms with Crippen LogP contribution in [0, 0.1) is 11.7 Å². The number of amidine groups is 1. The number of hydrogen-bond donors (Lipinski definition) is 3. The number of amides is 1. The third-order valence-corrected chi connectivity index (χ3v) is 3.86. The molecule has 2 rings (SSSR count). The third-order valence-electron chi connectivity index (χ3n) is 3.86. The highest BCUT2D eigenvalue weighted by Crippen LogP contribution is 2.25. The molecule has 0 bridgehead atoms. The van der Waals surface area contributed by atoms with Crippen LogP contribution in [0.25, 0.3) is 0 Å². The summed E-state index contributed by atoms with van der Waals surface area (Å²) in [6.45, 7) is 0. The van der Waals surface area contributed by atoms with Gasteiger partial charge in [0.2, 0.25) is 5.91 Å². The van der Waals surface area contributed by atoms with Crippen molar-refractivity contribution in [1.29, 1.82) is 0 Å². The van der Waals surface area contributed by atoms with Crippen molar-refractivity contribution >= 4 is 17.4 Å². The second-order valence-corrected chi connectivity index (χ2v) is 5.36. The molecule has 0 radical (unpaired) electrons. The summed E-state index contributed by atoms with van der Waals surface area (Å²) in [5, 5.41) is 14.0. The Morgan fingerprint density at radius 1 is 1.29 bits per heavy atom. The quantitative estimate of drug-likeness (QED) is 0.263. The highest BCUT2D eigenvalue weighted by molar-refractivity contribution is 5.98. The predicted octanol–water partition coefficient (Wildman–Crippen LogP) is 2.83. The minimum Gasteiger partial charge on any atom is -0.409 e. The van der Waals surface area contributed by atoms with Crippen molar-refractivity contribution in [3.63, 3.8) is 0 Å². The van der Waals surface area contributed by atoms with Gasteiger partial charge in [0.05, 0.1) is 5.69 Å². The van der Waals surface area contributed by atoms with Gasteiger partial charge in [-0.25, -0.2) is 4.39 Å². The van der Waals surface area contributed by atoms with Crippen LogP contribution in [-0.4, -0.2) is 17.0 Å². The minimum atomic E-state index is -0.596. The molecule has 4 N–H and O–H groups in total. The van der Waals surface area contributed by atoms with E-state index in [1.165, 1.54) is 12.1 Å². The SMILES string of the molecule is N/C(=N/O)c1ccc(NC(=O)C2CCCCCC2)c(F)c1. The Morgan fingerprint density at radius 2 is 1.95 bits per heavy atom. The number of anilines is 1. The fourth-order valence-corrected chi connectivity index (χ4v) is 2.61. The van der Waals surface area contributed by atoms with Crippen molar-refractivity contribution in [3.05, 3.63) is 29.6 Å². The molecule has 0 saturated heterocycles. The van der Waals surface area contributed by atoms with Gasteiger partial charge in [-0.05, 0) is 31.0 Å². The van der Waals surface area contributed by atoms with E-state index in [-0.39, 0.29) is 28.9 Å². The van der Waals surface area contributed by atoms with E-state index in [1.807, 2.05) is 0 Å². The largest absolute Gasteiger partial charge is 0.409 e. The Hall–Kier alpha value is -2.11. The number of hydrogen-bond acceptors (Lipinski definition) is 3. The molecule has 1 fully saturated rings. The number of rotatable bonds is 3. The van der Waals surface area contributed by atoms with Crippen LogP contribution in [0.3, 0.4) is 0 Å². The normalized spacial score (nSPS) is 17.3. The second kappa shape index (κ2) is 7.06. The first-order chi connectivity index (χ1) is 10.1. The number of nitrogens with zero attached hydrogens (tertiary/aromatic N) is 1. The molecular weight excluding hydrogens is 273 g/mol. The Balaban J connectivity index is 2.06. The molecule has 1 aromatic rings. The summed E-state index contributed by atoms with van der Waals surface area (Å²) in [5.41, 5.74) is 5.78. The van der Waals surface area contributed by atoms with Crippen molar-refractivity contribution < 1.29 is 14.4 Å². The van der Waals surface area contributed by atoms with E-state index in [0.29, 0.717) is 0 Å². The van der Waals surface area contributed by atoms with Gasteiger partial charge in [-0.1, -0.05) is 30.8 Å². The minimum absolute atomic E-state index is 0.0457. The van der Waals surface area contributed by atoms with Gasteiger partial charge in [-0.2, -0.15) is 0 Å². The van der Waals surface area contributed by atoms with Gasteiger partial charge >= 0.3 is 0 Å². The average molecular weight is 293 g/mol. The number of nitrogens with one attached hydrogen (secondary N) is 1. The molecule has 1 aliphatic carbocycles. The van der Waals surface area contributed by atoms with Gasteiger partial charge in [0.15, 0.2) is 5.84 Å². The lowest BCUT2D eigenvalue weighted by Gasteiger charge is -2.14. The maximum Gasteiger partial charge on any atom is 0.227 e. The number of nitrogens with two attached hydrogens (primary N) is 1. The molecule has 0 unspecified atom stereocenters. The van der Waals surface area contributed by atoms with Gasteiger partial charge in [0, 0.05) is 11.5 Å². The Bertz CT molecular complexity index is 538. The first kappa shape index (κ1) is 15.3. The Kier molecular flexibility index (Phi) is 5.14.